The van der Waals surface area contributed by atoms with Crippen molar-refractivity contribution in [3.8, 4) is 0 Å². The zero-order valence-corrected chi connectivity index (χ0v) is 12.4. The number of rotatable bonds is 4. The Bertz CT molecular complexity index is 820. The molecule has 0 amide bonds. The molecule has 0 fully saturated rings. The van der Waals surface area contributed by atoms with Gasteiger partial charge in [-0.2, -0.15) is 32.9 Å². The second kappa shape index (κ2) is 5.52. The van der Waals surface area contributed by atoms with Gasteiger partial charge in [0.2, 0.25) is 0 Å². The predicted molar refractivity (Wildman–Crippen MR) is 75.9 cm³/mol. The van der Waals surface area contributed by atoms with E-state index in [0.29, 0.717) is 6.42 Å². The zero-order chi connectivity index (χ0) is 16.6. The highest BCUT2D eigenvalue weighted by atomic mass is 19.4. The van der Waals surface area contributed by atoms with Crippen molar-refractivity contribution in [1.29, 1.82) is 0 Å². The molecule has 0 aliphatic carbocycles. The van der Waals surface area contributed by atoms with Crippen molar-refractivity contribution in [1.82, 2.24) is 29.8 Å². The number of aromatic nitrogens is 6. The van der Waals surface area contributed by atoms with E-state index in [1.165, 1.54) is 4.52 Å². The molecule has 0 aliphatic rings. The number of hydrogen-bond acceptors (Lipinski definition) is 5. The van der Waals surface area contributed by atoms with Gasteiger partial charge in [-0.05, 0) is 19.9 Å². The Kier molecular flexibility index (Phi) is 3.66. The van der Waals surface area contributed by atoms with Gasteiger partial charge in [0, 0.05) is 24.2 Å². The molecule has 0 saturated carbocycles. The molecule has 122 valence electrons. The molecule has 0 aliphatic heterocycles. The fraction of sp³-hybridized carbons (Fsp3) is 0.385. The highest BCUT2D eigenvalue weighted by Crippen LogP contribution is 2.29. The van der Waals surface area contributed by atoms with Crippen LogP contribution in [0.5, 0.6) is 0 Å². The standard InChI is InChI=1S/C13H14F3N7/c1-7(3-9-4-8(2)21-22-9)19-11-5-10(13(14,15)16)20-12-17-6-18-23(11)12/h4-7,19H,3H2,1-2H3,(H,21,22). The Morgan fingerprint density at radius 2 is 2.13 bits per heavy atom. The van der Waals surface area contributed by atoms with Crippen molar-refractivity contribution in [2.45, 2.75) is 32.5 Å². The lowest BCUT2D eigenvalue weighted by Crippen LogP contribution is -2.22. The summed E-state index contributed by atoms with van der Waals surface area (Å²) in [4.78, 5) is 7.20. The molecule has 10 heteroatoms. The van der Waals surface area contributed by atoms with Crippen LogP contribution in [0, 0.1) is 6.92 Å². The van der Waals surface area contributed by atoms with Gasteiger partial charge in [-0.15, -0.1) is 0 Å². The second-order valence-corrected chi connectivity index (χ2v) is 5.29. The van der Waals surface area contributed by atoms with Crippen LogP contribution < -0.4 is 5.32 Å². The summed E-state index contributed by atoms with van der Waals surface area (Å²) in [6.07, 6.45) is -2.84. The quantitative estimate of drug-likeness (QED) is 0.768. The molecule has 23 heavy (non-hydrogen) atoms. The van der Waals surface area contributed by atoms with Gasteiger partial charge in [0.15, 0.2) is 5.69 Å². The molecule has 7 nitrogen and oxygen atoms in total. The first kappa shape index (κ1) is 15.3. The molecule has 3 rings (SSSR count). The fourth-order valence-electron chi connectivity index (χ4n) is 2.26. The Labute approximate surface area is 129 Å². The fourth-order valence-corrected chi connectivity index (χ4v) is 2.26. The molecular formula is C13H14F3N7. The third-order valence-corrected chi connectivity index (χ3v) is 3.21. The van der Waals surface area contributed by atoms with Crippen molar-refractivity contribution in [2.75, 3.05) is 5.32 Å². The molecule has 0 radical (unpaired) electrons. The van der Waals surface area contributed by atoms with Gasteiger partial charge in [-0.25, -0.2) is 4.98 Å². The van der Waals surface area contributed by atoms with E-state index in [-0.39, 0.29) is 17.6 Å². The number of aromatic amines is 1. The Morgan fingerprint density at radius 1 is 1.35 bits per heavy atom. The van der Waals surface area contributed by atoms with Gasteiger partial charge < -0.3 is 5.32 Å². The lowest BCUT2D eigenvalue weighted by molar-refractivity contribution is -0.141. The SMILES string of the molecule is Cc1cc(CC(C)Nc2cc(C(F)(F)F)nc3ncnn23)n[nH]1. The van der Waals surface area contributed by atoms with E-state index in [4.69, 9.17) is 0 Å². The van der Waals surface area contributed by atoms with E-state index >= 15 is 0 Å². The highest BCUT2D eigenvalue weighted by molar-refractivity contribution is 5.46. The maximum Gasteiger partial charge on any atom is 0.433 e. The van der Waals surface area contributed by atoms with Crippen LogP contribution >= 0.6 is 0 Å². The number of nitrogens with one attached hydrogen (secondary N) is 2. The van der Waals surface area contributed by atoms with Crippen molar-refractivity contribution in [2.24, 2.45) is 0 Å². The monoisotopic (exact) mass is 325 g/mol. The second-order valence-electron chi connectivity index (χ2n) is 5.29. The normalized spacial score (nSPS) is 13.4. The molecule has 0 spiro atoms. The van der Waals surface area contributed by atoms with E-state index in [1.54, 1.807) is 0 Å². The van der Waals surface area contributed by atoms with Crippen molar-refractivity contribution < 1.29 is 13.2 Å². The molecule has 2 N–H and O–H groups in total. The minimum atomic E-state index is -4.55. The van der Waals surface area contributed by atoms with E-state index in [2.05, 4.69) is 30.6 Å². The van der Waals surface area contributed by atoms with Crippen LogP contribution in [0.25, 0.3) is 5.78 Å². The minimum absolute atomic E-state index is 0.106. The average molecular weight is 325 g/mol. The Morgan fingerprint density at radius 3 is 2.78 bits per heavy atom. The predicted octanol–water partition coefficient (Wildman–Crippen LogP) is 2.22. The number of anilines is 1. The topological polar surface area (TPSA) is 83.8 Å². The van der Waals surface area contributed by atoms with Crippen LogP contribution in [0.3, 0.4) is 0 Å². The number of halogens is 3. The number of nitrogens with zero attached hydrogens (tertiary/aromatic N) is 5. The van der Waals surface area contributed by atoms with Crippen molar-refractivity contribution >= 4 is 11.6 Å². The first-order valence-corrected chi connectivity index (χ1v) is 6.88. The first-order valence-electron chi connectivity index (χ1n) is 6.88. The third kappa shape index (κ3) is 3.25. The van der Waals surface area contributed by atoms with Crippen molar-refractivity contribution in [3.63, 3.8) is 0 Å². The maximum atomic E-state index is 12.9. The smallest absolute Gasteiger partial charge is 0.367 e. The number of H-pyrrole nitrogens is 1. The lowest BCUT2D eigenvalue weighted by atomic mass is 10.2. The molecule has 0 saturated heterocycles. The lowest BCUT2D eigenvalue weighted by Gasteiger charge is -2.16. The van der Waals surface area contributed by atoms with Crippen LogP contribution in [-0.4, -0.2) is 35.8 Å². The highest BCUT2D eigenvalue weighted by Gasteiger charge is 2.34. The van der Waals surface area contributed by atoms with E-state index in [9.17, 15) is 13.2 Å². The minimum Gasteiger partial charge on any atom is -0.367 e. The first-order chi connectivity index (χ1) is 10.8. The van der Waals surface area contributed by atoms with Crippen LogP contribution in [0.2, 0.25) is 0 Å². The molecule has 1 unspecified atom stereocenters. The number of aryl methyl sites for hydroxylation is 1. The zero-order valence-electron chi connectivity index (χ0n) is 12.4. The van der Waals surface area contributed by atoms with Gasteiger partial charge in [0.05, 0.1) is 5.69 Å². The summed E-state index contributed by atoms with van der Waals surface area (Å²) in [5, 5.41) is 13.8. The van der Waals surface area contributed by atoms with Gasteiger partial charge in [0.25, 0.3) is 5.78 Å². The van der Waals surface area contributed by atoms with Crippen molar-refractivity contribution in [3.05, 3.63) is 35.5 Å². The summed E-state index contributed by atoms with van der Waals surface area (Å²) in [6.45, 7) is 3.73. The molecular weight excluding hydrogens is 311 g/mol. The summed E-state index contributed by atoms with van der Waals surface area (Å²) >= 11 is 0. The van der Waals surface area contributed by atoms with Gasteiger partial charge in [-0.3, -0.25) is 5.10 Å². The number of hydrogen-bond donors (Lipinski definition) is 2. The molecule has 1 atom stereocenters. The van der Waals surface area contributed by atoms with Crippen LogP contribution in [0.4, 0.5) is 19.0 Å². The van der Waals surface area contributed by atoms with Gasteiger partial charge in [-0.1, -0.05) is 0 Å². The van der Waals surface area contributed by atoms with E-state index in [1.807, 2.05) is 19.9 Å². The molecule has 3 aromatic rings. The van der Waals surface area contributed by atoms with Crippen LogP contribution in [0.15, 0.2) is 18.5 Å². The molecule has 3 aromatic heterocycles. The molecule has 3 heterocycles. The molecule has 0 bridgehead atoms. The third-order valence-electron chi connectivity index (χ3n) is 3.21. The van der Waals surface area contributed by atoms with Gasteiger partial charge in [0.1, 0.15) is 12.1 Å². The summed E-state index contributed by atoms with van der Waals surface area (Å²) in [7, 11) is 0. The summed E-state index contributed by atoms with van der Waals surface area (Å²) in [6, 6.07) is 2.65. The number of alkyl halides is 3. The summed E-state index contributed by atoms with van der Waals surface area (Å²) in [5.74, 6) is 0.0738. The Hall–Kier alpha value is -2.65. The average Bonchev–Trinajstić information content (AvgIpc) is 3.06. The molecule has 0 aromatic carbocycles. The van der Waals surface area contributed by atoms with Gasteiger partial charge >= 0.3 is 6.18 Å². The maximum absolute atomic E-state index is 12.9. The van der Waals surface area contributed by atoms with Crippen LogP contribution in [0.1, 0.15) is 24.0 Å². The van der Waals surface area contributed by atoms with Crippen LogP contribution in [-0.2, 0) is 12.6 Å². The summed E-state index contributed by atoms with van der Waals surface area (Å²) < 4.78 is 40.0. The number of fused-ring (bicyclic) bond motifs is 1. The summed E-state index contributed by atoms with van der Waals surface area (Å²) in [5.41, 5.74) is 0.736. The Balaban J connectivity index is 1.87. The van der Waals surface area contributed by atoms with E-state index < -0.39 is 11.9 Å². The largest absolute Gasteiger partial charge is 0.433 e. The van der Waals surface area contributed by atoms with E-state index in [0.717, 1.165) is 23.8 Å².